The van der Waals surface area contributed by atoms with E-state index in [0.29, 0.717) is 6.42 Å². The van der Waals surface area contributed by atoms with Gasteiger partial charge in [0, 0.05) is 0 Å². The van der Waals surface area contributed by atoms with E-state index in [2.05, 4.69) is 10.7 Å². The molecule has 0 aliphatic carbocycles. The van der Waals surface area contributed by atoms with Crippen LogP contribution in [-0.4, -0.2) is 37.1 Å². The summed E-state index contributed by atoms with van der Waals surface area (Å²) >= 11 is 0. The molecular formula is C10H20N3O2+. The molecule has 1 rings (SSSR count). The van der Waals surface area contributed by atoms with Gasteiger partial charge in [0.15, 0.2) is 6.21 Å². The summed E-state index contributed by atoms with van der Waals surface area (Å²) in [7, 11) is 1.50. The smallest absolute Gasteiger partial charge is 0.331 e. The number of carbonyl (C=O) groups excluding carboxylic acids is 1. The summed E-state index contributed by atoms with van der Waals surface area (Å²) in [6.45, 7) is 3.65. The first kappa shape index (κ1) is 13.8. The van der Waals surface area contributed by atoms with Crippen LogP contribution in [0.5, 0.6) is 0 Å². The van der Waals surface area contributed by atoms with Gasteiger partial charge < -0.3 is 10.5 Å². The molecule has 0 bridgehead atoms. The third-order valence-corrected chi connectivity index (χ3v) is 1.81. The van der Waals surface area contributed by atoms with Crippen molar-refractivity contribution < 1.29 is 14.9 Å². The van der Waals surface area contributed by atoms with E-state index in [1.54, 1.807) is 0 Å². The SMILES string of the molecule is CC(C)OC(=O)C1CCC(C=[NH2+])=N1.CN. The van der Waals surface area contributed by atoms with Crippen LogP contribution in [0.3, 0.4) is 0 Å². The molecule has 0 saturated carbocycles. The topological polar surface area (TPSA) is 90.3 Å². The van der Waals surface area contributed by atoms with Gasteiger partial charge in [0.1, 0.15) is 6.04 Å². The average molecular weight is 214 g/mol. The Morgan fingerprint density at radius 3 is 2.67 bits per heavy atom. The maximum absolute atomic E-state index is 11.3. The molecule has 0 saturated heterocycles. The highest BCUT2D eigenvalue weighted by molar-refractivity contribution is 6.29. The molecule has 1 atom stereocenters. The minimum Gasteiger partial charge on any atom is -0.461 e. The lowest BCUT2D eigenvalue weighted by Crippen LogP contribution is -2.33. The summed E-state index contributed by atoms with van der Waals surface area (Å²) in [4.78, 5) is 15.5. The summed E-state index contributed by atoms with van der Waals surface area (Å²) in [6, 6.07) is -0.336. The molecule has 5 heteroatoms. The molecule has 1 unspecified atom stereocenters. The molecule has 0 aromatic rings. The highest BCUT2D eigenvalue weighted by atomic mass is 16.5. The van der Waals surface area contributed by atoms with E-state index in [-0.39, 0.29) is 18.1 Å². The molecule has 1 aliphatic rings. The van der Waals surface area contributed by atoms with Gasteiger partial charge in [0.25, 0.3) is 0 Å². The lowest BCUT2D eigenvalue weighted by Gasteiger charge is -2.10. The lowest BCUT2D eigenvalue weighted by molar-refractivity contribution is -0.148. The minimum absolute atomic E-state index is 0.0754. The third-order valence-electron chi connectivity index (χ3n) is 1.81. The fourth-order valence-electron chi connectivity index (χ4n) is 1.22. The zero-order valence-electron chi connectivity index (χ0n) is 9.56. The maximum Gasteiger partial charge on any atom is 0.331 e. The second kappa shape index (κ2) is 7.11. The van der Waals surface area contributed by atoms with E-state index in [9.17, 15) is 4.79 Å². The normalized spacial score (nSPS) is 19.0. The second-order valence-corrected chi connectivity index (χ2v) is 3.33. The number of aliphatic imine (C=N–C) groups is 1. The predicted molar refractivity (Wildman–Crippen MR) is 59.8 cm³/mol. The highest BCUT2D eigenvalue weighted by Crippen LogP contribution is 2.14. The Balaban J connectivity index is 0.000000921. The zero-order chi connectivity index (χ0) is 11.8. The highest BCUT2D eigenvalue weighted by Gasteiger charge is 2.26. The second-order valence-electron chi connectivity index (χ2n) is 3.33. The summed E-state index contributed by atoms with van der Waals surface area (Å²) < 4.78 is 5.03. The van der Waals surface area contributed by atoms with E-state index in [4.69, 9.17) is 10.1 Å². The van der Waals surface area contributed by atoms with E-state index in [1.165, 1.54) is 13.3 Å². The number of nitrogens with zero attached hydrogens (tertiary/aromatic N) is 1. The Kier molecular flexibility index (Phi) is 6.53. The molecule has 0 radical (unpaired) electrons. The number of rotatable bonds is 3. The van der Waals surface area contributed by atoms with Crippen LogP contribution in [0.15, 0.2) is 4.99 Å². The molecule has 86 valence electrons. The summed E-state index contributed by atoms with van der Waals surface area (Å²) in [5.41, 5.74) is 5.30. The molecule has 4 N–H and O–H groups in total. The van der Waals surface area contributed by atoms with Crippen LogP contribution in [0.25, 0.3) is 0 Å². The molecule has 0 spiro atoms. The number of esters is 1. The van der Waals surface area contributed by atoms with Crippen molar-refractivity contribution in [2.24, 2.45) is 10.7 Å². The lowest BCUT2D eigenvalue weighted by atomic mass is 10.2. The van der Waals surface area contributed by atoms with Crippen LogP contribution in [0, 0.1) is 0 Å². The van der Waals surface area contributed by atoms with Crippen LogP contribution in [0.1, 0.15) is 26.7 Å². The van der Waals surface area contributed by atoms with E-state index >= 15 is 0 Å². The molecule has 0 amide bonds. The molecule has 1 aliphatic heterocycles. The van der Waals surface area contributed by atoms with Crippen LogP contribution in [-0.2, 0) is 9.53 Å². The van der Waals surface area contributed by atoms with Crippen LogP contribution < -0.4 is 11.1 Å². The molecule has 0 fully saturated rings. The number of hydrogen-bond acceptors (Lipinski definition) is 4. The molecular weight excluding hydrogens is 194 g/mol. The minimum atomic E-state index is -0.336. The van der Waals surface area contributed by atoms with Gasteiger partial charge in [-0.3, -0.25) is 10.4 Å². The van der Waals surface area contributed by atoms with Gasteiger partial charge in [-0.05, 0) is 33.7 Å². The van der Waals surface area contributed by atoms with Crippen LogP contribution in [0.4, 0.5) is 0 Å². The van der Waals surface area contributed by atoms with Gasteiger partial charge in [-0.25, -0.2) is 4.79 Å². The number of ether oxygens (including phenoxy) is 1. The maximum atomic E-state index is 11.3. The van der Waals surface area contributed by atoms with Crippen molar-refractivity contribution in [3.63, 3.8) is 0 Å². The van der Waals surface area contributed by atoms with Crippen molar-refractivity contribution >= 4 is 17.9 Å². The van der Waals surface area contributed by atoms with Gasteiger partial charge in [-0.15, -0.1) is 0 Å². The fourth-order valence-corrected chi connectivity index (χ4v) is 1.22. The van der Waals surface area contributed by atoms with Crippen molar-refractivity contribution in [2.45, 2.75) is 38.8 Å². The Bertz CT molecular complexity index is 249. The molecule has 1 heterocycles. The van der Waals surface area contributed by atoms with Crippen LogP contribution >= 0.6 is 0 Å². The molecule has 15 heavy (non-hydrogen) atoms. The van der Waals surface area contributed by atoms with E-state index < -0.39 is 0 Å². The first-order valence-electron chi connectivity index (χ1n) is 5.03. The molecule has 5 nitrogen and oxygen atoms in total. The van der Waals surface area contributed by atoms with Crippen LogP contribution in [0.2, 0.25) is 0 Å². The van der Waals surface area contributed by atoms with Gasteiger partial charge in [0.05, 0.1) is 11.8 Å². The first-order valence-corrected chi connectivity index (χ1v) is 5.03. The largest absolute Gasteiger partial charge is 0.461 e. The first-order chi connectivity index (χ1) is 7.13. The third kappa shape index (κ3) is 4.69. The fraction of sp³-hybridized carbons (Fsp3) is 0.700. The van der Waals surface area contributed by atoms with Crippen molar-refractivity contribution in [2.75, 3.05) is 7.05 Å². The van der Waals surface area contributed by atoms with Crippen molar-refractivity contribution in [1.29, 1.82) is 0 Å². The number of hydrogen-bond donors (Lipinski definition) is 2. The van der Waals surface area contributed by atoms with Gasteiger partial charge in [-0.1, -0.05) is 0 Å². The van der Waals surface area contributed by atoms with E-state index in [0.717, 1.165) is 12.1 Å². The van der Waals surface area contributed by atoms with Gasteiger partial charge in [-0.2, -0.15) is 0 Å². The van der Waals surface area contributed by atoms with E-state index in [1.807, 2.05) is 13.8 Å². The Morgan fingerprint density at radius 1 is 1.67 bits per heavy atom. The molecule has 0 aromatic carbocycles. The number of nitrogens with two attached hydrogens (primary N) is 2. The zero-order valence-corrected chi connectivity index (χ0v) is 9.56. The Labute approximate surface area is 90.2 Å². The van der Waals surface area contributed by atoms with Gasteiger partial charge >= 0.3 is 5.97 Å². The summed E-state index contributed by atoms with van der Waals surface area (Å²) in [5, 5.41) is 5.29. The Hall–Kier alpha value is -1.23. The molecule has 0 aromatic heterocycles. The monoisotopic (exact) mass is 214 g/mol. The summed E-state index contributed by atoms with van der Waals surface area (Å²) in [6.07, 6.45) is 2.86. The predicted octanol–water partition coefficient (Wildman–Crippen LogP) is -1.05. The van der Waals surface area contributed by atoms with Gasteiger partial charge in [0.2, 0.25) is 0 Å². The average Bonchev–Trinajstić information content (AvgIpc) is 2.68. The standard InChI is InChI=1S/C9H14N2O2.CH5N/c1-6(2)13-9(12)8-4-3-7(5-10)11-8;1-2/h5-6,8,10H,3-4H2,1-2H3;2H2,1H3/p+1. The Morgan fingerprint density at radius 2 is 2.27 bits per heavy atom. The van der Waals surface area contributed by atoms with Crippen molar-refractivity contribution in [1.82, 2.24) is 0 Å². The van der Waals surface area contributed by atoms with Crippen molar-refractivity contribution in [3.05, 3.63) is 0 Å². The summed E-state index contributed by atoms with van der Waals surface area (Å²) in [5.74, 6) is -0.244. The van der Waals surface area contributed by atoms with Crippen molar-refractivity contribution in [3.8, 4) is 0 Å². The number of carbonyl (C=O) groups is 1. The quantitative estimate of drug-likeness (QED) is 0.464.